The number of anilines is 1. The molecule has 22 heavy (non-hydrogen) atoms. The molecule has 0 bridgehead atoms. The average Bonchev–Trinajstić information content (AvgIpc) is 2.94. The number of imidazole rings is 1. The smallest absolute Gasteiger partial charge is 0.182 e. The Labute approximate surface area is 129 Å². The number of nitrogens with zero attached hydrogens (tertiary/aromatic N) is 5. The number of ether oxygens (including phenoxy) is 1. The molecule has 0 saturated carbocycles. The van der Waals surface area contributed by atoms with Gasteiger partial charge in [-0.05, 0) is 24.1 Å². The second-order valence-electron chi connectivity index (χ2n) is 5.24. The minimum atomic E-state index is 0.726. The maximum Gasteiger partial charge on any atom is 0.182 e. The highest BCUT2D eigenvalue weighted by Crippen LogP contribution is 2.21. The van der Waals surface area contributed by atoms with E-state index in [0.717, 1.165) is 35.7 Å². The van der Waals surface area contributed by atoms with Crippen LogP contribution in [0.5, 0.6) is 5.75 Å². The Hall–Kier alpha value is -2.63. The number of benzene rings is 1. The number of hydrogen-bond acceptors (Lipinski definition) is 5. The molecule has 0 N–H and O–H groups in total. The summed E-state index contributed by atoms with van der Waals surface area (Å²) in [6, 6.07) is 8.15. The van der Waals surface area contributed by atoms with Crippen LogP contribution in [0.4, 0.5) is 5.82 Å². The Kier molecular flexibility index (Phi) is 3.91. The number of hydrogen-bond donors (Lipinski definition) is 0. The normalized spacial score (nSPS) is 10.9. The molecule has 6 nitrogen and oxygen atoms in total. The number of likely N-dealkylation sites (N-methyl/N-ethyl adjacent to an activating group) is 1. The van der Waals surface area contributed by atoms with Gasteiger partial charge in [0.2, 0.25) is 0 Å². The number of fused-ring (bicyclic) bond motifs is 1. The molecule has 3 rings (SSSR count). The lowest BCUT2D eigenvalue weighted by molar-refractivity contribution is 0.414. The van der Waals surface area contributed by atoms with Crippen LogP contribution in [0.3, 0.4) is 0 Å². The van der Waals surface area contributed by atoms with E-state index >= 15 is 0 Å². The van der Waals surface area contributed by atoms with Crippen molar-refractivity contribution in [3.05, 3.63) is 42.5 Å². The Balaban J connectivity index is 1.75. The molecular weight excluding hydrogens is 278 g/mol. The molecule has 2 heterocycles. The first-order valence-corrected chi connectivity index (χ1v) is 7.15. The SMILES string of the molecule is COc1ccc(CCN(C)c2ncnc3ncn(C)c23)cc1. The molecular formula is C16H19N5O. The van der Waals surface area contributed by atoms with E-state index < -0.39 is 0 Å². The summed E-state index contributed by atoms with van der Waals surface area (Å²) in [5, 5.41) is 0. The first kappa shape index (κ1) is 14.3. The molecule has 0 radical (unpaired) electrons. The fourth-order valence-electron chi connectivity index (χ4n) is 2.44. The van der Waals surface area contributed by atoms with Crippen molar-refractivity contribution < 1.29 is 4.74 Å². The number of aromatic nitrogens is 4. The minimum absolute atomic E-state index is 0.726. The van der Waals surface area contributed by atoms with Gasteiger partial charge in [-0.1, -0.05) is 12.1 Å². The molecule has 2 aromatic heterocycles. The third kappa shape index (κ3) is 2.72. The molecule has 0 amide bonds. The Morgan fingerprint density at radius 2 is 1.91 bits per heavy atom. The molecule has 1 aromatic carbocycles. The summed E-state index contributed by atoms with van der Waals surface area (Å²) in [6.45, 7) is 0.865. The van der Waals surface area contributed by atoms with E-state index in [4.69, 9.17) is 4.74 Å². The van der Waals surface area contributed by atoms with Crippen molar-refractivity contribution in [2.45, 2.75) is 6.42 Å². The maximum absolute atomic E-state index is 5.18. The molecule has 0 saturated heterocycles. The van der Waals surface area contributed by atoms with Crippen LogP contribution in [0.2, 0.25) is 0 Å². The van der Waals surface area contributed by atoms with Gasteiger partial charge in [-0.2, -0.15) is 0 Å². The van der Waals surface area contributed by atoms with E-state index in [1.165, 1.54) is 5.56 Å². The van der Waals surface area contributed by atoms with Crippen LogP contribution in [0, 0.1) is 0 Å². The standard InChI is InChI=1S/C16H19N5O/c1-20(9-8-12-4-6-13(22-3)7-5-12)16-14-15(17-10-18-16)19-11-21(14)2/h4-7,10-11H,8-9H2,1-3H3. The van der Waals surface area contributed by atoms with Crippen molar-refractivity contribution >= 4 is 17.0 Å². The Morgan fingerprint density at radius 3 is 2.64 bits per heavy atom. The monoisotopic (exact) mass is 297 g/mol. The molecule has 0 atom stereocenters. The maximum atomic E-state index is 5.18. The molecule has 0 spiro atoms. The van der Waals surface area contributed by atoms with Crippen LogP contribution in [0.15, 0.2) is 36.9 Å². The lowest BCUT2D eigenvalue weighted by Gasteiger charge is -2.19. The Bertz CT molecular complexity index is 766. The third-order valence-corrected chi connectivity index (χ3v) is 3.75. The van der Waals surface area contributed by atoms with Gasteiger partial charge >= 0.3 is 0 Å². The molecule has 0 aliphatic heterocycles. The average molecular weight is 297 g/mol. The predicted octanol–water partition coefficient (Wildman–Crippen LogP) is 2.05. The van der Waals surface area contributed by atoms with Gasteiger partial charge in [0.15, 0.2) is 11.5 Å². The van der Waals surface area contributed by atoms with Crippen molar-refractivity contribution in [1.82, 2.24) is 19.5 Å². The molecule has 3 aromatic rings. The first-order valence-electron chi connectivity index (χ1n) is 7.15. The molecule has 114 valence electrons. The van der Waals surface area contributed by atoms with Crippen LogP contribution in [0.25, 0.3) is 11.2 Å². The zero-order chi connectivity index (χ0) is 15.5. The zero-order valence-corrected chi connectivity index (χ0v) is 13.0. The summed E-state index contributed by atoms with van der Waals surface area (Å²) >= 11 is 0. The van der Waals surface area contributed by atoms with Crippen molar-refractivity contribution in [2.24, 2.45) is 7.05 Å². The number of methoxy groups -OCH3 is 1. The van der Waals surface area contributed by atoms with Crippen LogP contribution >= 0.6 is 0 Å². The van der Waals surface area contributed by atoms with Gasteiger partial charge in [0.05, 0.1) is 13.4 Å². The third-order valence-electron chi connectivity index (χ3n) is 3.75. The summed E-state index contributed by atoms with van der Waals surface area (Å²) in [5.74, 6) is 1.78. The van der Waals surface area contributed by atoms with E-state index in [1.807, 2.05) is 30.8 Å². The van der Waals surface area contributed by atoms with Crippen LogP contribution in [-0.2, 0) is 13.5 Å². The largest absolute Gasteiger partial charge is 0.497 e. The highest BCUT2D eigenvalue weighted by molar-refractivity contribution is 5.83. The topological polar surface area (TPSA) is 56.1 Å². The van der Waals surface area contributed by atoms with Crippen LogP contribution < -0.4 is 9.64 Å². The van der Waals surface area contributed by atoms with E-state index in [0.29, 0.717) is 0 Å². The predicted molar refractivity (Wildman–Crippen MR) is 86.3 cm³/mol. The summed E-state index contributed by atoms with van der Waals surface area (Å²) < 4.78 is 7.13. The van der Waals surface area contributed by atoms with E-state index in [9.17, 15) is 0 Å². The van der Waals surface area contributed by atoms with Crippen molar-refractivity contribution in [2.75, 3.05) is 25.6 Å². The van der Waals surface area contributed by atoms with Crippen LogP contribution in [-0.4, -0.2) is 40.2 Å². The number of rotatable bonds is 5. The van der Waals surface area contributed by atoms with Crippen LogP contribution in [0.1, 0.15) is 5.56 Å². The number of aryl methyl sites for hydroxylation is 1. The first-order chi connectivity index (χ1) is 10.7. The quantitative estimate of drug-likeness (QED) is 0.721. The summed E-state index contributed by atoms with van der Waals surface area (Å²) in [6.07, 6.45) is 4.26. The summed E-state index contributed by atoms with van der Waals surface area (Å²) in [4.78, 5) is 15.0. The van der Waals surface area contributed by atoms with Crippen molar-refractivity contribution in [3.8, 4) is 5.75 Å². The highest BCUT2D eigenvalue weighted by Gasteiger charge is 2.12. The summed E-state index contributed by atoms with van der Waals surface area (Å²) in [5.41, 5.74) is 2.95. The van der Waals surface area contributed by atoms with Gasteiger partial charge in [-0.3, -0.25) is 0 Å². The van der Waals surface area contributed by atoms with Gasteiger partial charge in [0.1, 0.15) is 17.6 Å². The fraction of sp³-hybridized carbons (Fsp3) is 0.312. The summed E-state index contributed by atoms with van der Waals surface area (Å²) in [7, 11) is 5.68. The zero-order valence-electron chi connectivity index (χ0n) is 13.0. The van der Waals surface area contributed by atoms with Crippen molar-refractivity contribution in [1.29, 1.82) is 0 Å². The molecule has 0 unspecified atom stereocenters. The van der Waals surface area contributed by atoms with E-state index in [-0.39, 0.29) is 0 Å². The fourth-order valence-corrected chi connectivity index (χ4v) is 2.44. The van der Waals surface area contributed by atoms with Gasteiger partial charge in [0, 0.05) is 20.6 Å². The second kappa shape index (κ2) is 6.01. The highest BCUT2D eigenvalue weighted by atomic mass is 16.5. The molecule has 0 aliphatic rings. The molecule has 0 aliphatic carbocycles. The molecule has 6 heteroatoms. The van der Waals surface area contributed by atoms with Gasteiger partial charge in [-0.25, -0.2) is 15.0 Å². The van der Waals surface area contributed by atoms with Gasteiger partial charge in [0.25, 0.3) is 0 Å². The second-order valence-corrected chi connectivity index (χ2v) is 5.24. The van der Waals surface area contributed by atoms with Crippen molar-refractivity contribution in [3.63, 3.8) is 0 Å². The lowest BCUT2D eigenvalue weighted by atomic mass is 10.1. The Morgan fingerprint density at radius 1 is 1.14 bits per heavy atom. The van der Waals surface area contributed by atoms with Gasteiger partial charge < -0.3 is 14.2 Å². The molecule has 0 fully saturated rings. The van der Waals surface area contributed by atoms with E-state index in [2.05, 4.69) is 32.0 Å². The van der Waals surface area contributed by atoms with Gasteiger partial charge in [-0.15, -0.1) is 0 Å². The lowest BCUT2D eigenvalue weighted by Crippen LogP contribution is -2.22. The van der Waals surface area contributed by atoms with E-state index in [1.54, 1.807) is 19.8 Å². The minimum Gasteiger partial charge on any atom is -0.497 e.